The minimum Gasteiger partial charge on any atom is -0.227 e. The van der Waals surface area contributed by atoms with Gasteiger partial charge in [-0.1, -0.05) is 0 Å². The van der Waals surface area contributed by atoms with Gasteiger partial charge in [0.2, 0.25) is 0 Å². The second-order valence-corrected chi connectivity index (χ2v) is 10.6. The van der Waals surface area contributed by atoms with Crippen LogP contribution < -0.4 is 0 Å². The van der Waals surface area contributed by atoms with Crippen molar-refractivity contribution < 1.29 is 0 Å². The fourth-order valence-corrected chi connectivity index (χ4v) is 6.95. The molecule has 4 aromatic heterocycles. The van der Waals surface area contributed by atoms with Crippen LogP contribution in [0.15, 0.2) is 59.9 Å². The smallest absolute Gasteiger partial charge is 0.227 e. The Morgan fingerprint density at radius 3 is 1.22 bits per heavy atom. The number of hydrogen-bond acceptors (Lipinski definition) is 6. The summed E-state index contributed by atoms with van der Waals surface area (Å²) in [6.45, 7) is 14.0. The summed E-state index contributed by atoms with van der Waals surface area (Å²) in [7, 11) is 0. The summed E-state index contributed by atoms with van der Waals surface area (Å²) in [4.78, 5) is 15.1. The highest BCUT2D eigenvalue weighted by Gasteiger charge is 2.11. The van der Waals surface area contributed by atoms with Crippen molar-refractivity contribution in [3.8, 4) is 41.4 Å². The molecule has 0 aliphatic carbocycles. The predicted molar refractivity (Wildman–Crippen MR) is 135 cm³/mol. The lowest BCUT2D eigenvalue weighted by atomic mass is 10.3. The average Bonchev–Trinajstić information content (AvgIpc) is 3.61. The standard InChI is InChI=1S/C24H10N4S4/c1-27-15(13-25)11-17-3-5-19(29-17)21-7-9-23(31-21)24-10-8-22(32-24)20-6-4-18(30-20)12-16(14-26)28-2/h3-12H/b15-11-,16-12+. The largest absolute Gasteiger partial charge is 0.263 e. The van der Waals surface area contributed by atoms with E-state index in [2.05, 4.69) is 34.0 Å². The van der Waals surface area contributed by atoms with Gasteiger partial charge in [0, 0.05) is 39.0 Å². The molecule has 0 aromatic carbocycles. The summed E-state index contributed by atoms with van der Waals surface area (Å²) < 4.78 is 0. The molecule has 150 valence electrons. The molecule has 0 fully saturated rings. The van der Waals surface area contributed by atoms with E-state index in [0.717, 1.165) is 29.3 Å². The molecule has 0 N–H and O–H groups in total. The van der Waals surface area contributed by atoms with E-state index < -0.39 is 0 Å². The fraction of sp³-hybridized carbons (Fsp3) is 0. The molecule has 0 aliphatic rings. The Kier molecular flexibility index (Phi) is 6.43. The molecule has 0 radical (unpaired) electrons. The Morgan fingerprint density at radius 1 is 0.594 bits per heavy atom. The topological polar surface area (TPSA) is 56.3 Å². The normalized spacial score (nSPS) is 11.4. The third-order valence-electron chi connectivity index (χ3n) is 4.22. The van der Waals surface area contributed by atoms with E-state index in [9.17, 15) is 0 Å². The number of nitriles is 2. The van der Waals surface area contributed by atoms with Crippen molar-refractivity contribution in [3.05, 3.63) is 92.5 Å². The molecule has 0 atom stereocenters. The van der Waals surface area contributed by atoms with Gasteiger partial charge in [-0.15, -0.1) is 45.3 Å². The molecular formula is C24H10N4S4. The number of thiophene rings is 4. The molecule has 0 spiro atoms. The van der Waals surface area contributed by atoms with Crippen LogP contribution in [0.2, 0.25) is 0 Å². The SMILES string of the molecule is [C-]#[N+]/C(C#N)=C\c1ccc(-c2ccc(-c3ccc(-c4ccc(/C=C(\C#N)[N+]#[C-])s4)s3)s2)s1. The van der Waals surface area contributed by atoms with Crippen LogP contribution in [-0.4, -0.2) is 0 Å². The van der Waals surface area contributed by atoms with Crippen LogP contribution in [0.25, 0.3) is 51.1 Å². The predicted octanol–water partition coefficient (Wildman–Crippen LogP) is 8.50. The van der Waals surface area contributed by atoms with Crippen molar-refractivity contribution in [1.29, 1.82) is 10.5 Å². The summed E-state index contributed by atoms with van der Waals surface area (Å²) in [6, 6.07) is 20.1. The van der Waals surface area contributed by atoms with Crippen molar-refractivity contribution in [2.45, 2.75) is 0 Å². The quantitative estimate of drug-likeness (QED) is 0.211. The maximum absolute atomic E-state index is 8.94. The number of allylic oxidation sites excluding steroid dienone is 2. The Hall–Kier alpha value is -3.76. The van der Waals surface area contributed by atoms with Crippen LogP contribution in [0, 0.1) is 35.8 Å². The molecular weight excluding hydrogens is 473 g/mol. The Balaban J connectivity index is 1.55. The maximum atomic E-state index is 8.94. The molecule has 0 saturated carbocycles. The molecule has 0 unspecified atom stereocenters. The molecule has 4 heterocycles. The second kappa shape index (κ2) is 9.58. The third-order valence-corrected chi connectivity index (χ3v) is 9.04. The third kappa shape index (κ3) is 4.61. The lowest BCUT2D eigenvalue weighted by molar-refractivity contribution is 1.51. The van der Waals surface area contributed by atoms with Crippen LogP contribution in [0.5, 0.6) is 0 Å². The number of hydrogen-bond donors (Lipinski definition) is 0. The van der Waals surface area contributed by atoms with E-state index in [1.54, 1.807) is 57.5 Å². The summed E-state index contributed by atoms with van der Waals surface area (Å²) in [5.41, 5.74) is 0.170. The van der Waals surface area contributed by atoms with E-state index in [0.29, 0.717) is 0 Å². The minimum atomic E-state index is 0.0848. The first-order valence-corrected chi connectivity index (χ1v) is 12.3. The van der Waals surface area contributed by atoms with Crippen LogP contribution in [0.4, 0.5) is 0 Å². The van der Waals surface area contributed by atoms with E-state index in [1.165, 1.54) is 9.75 Å². The average molecular weight is 483 g/mol. The van der Waals surface area contributed by atoms with E-state index >= 15 is 0 Å². The molecule has 4 aromatic rings. The summed E-state index contributed by atoms with van der Waals surface area (Å²) in [5.74, 6) is 0. The number of rotatable bonds is 5. The van der Waals surface area contributed by atoms with Gasteiger partial charge in [-0.3, -0.25) is 0 Å². The maximum Gasteiger partial charge on any atom is 0.263 e. The molecule has 0 bridgehead atoms. The van der Waals surface area contributed by atoms with Gasteiger partial charge in [-0.25, -0.2) is 20.2 Å². The zero-order valence-corrected chi connectivity index (χ0v) is 19.5. The van der Waals surface area contributed by atoms with Crippen molar-refractivity contribution in [2.24, 2.45) is 0 Å². The summed E-state index contributed by atoms with van der Waals surface area (Å²) in [5, 5.41) is 17.9. The Morgan fingerprint density at radius 2 is 0.906 bits per heavy atom. The summed E-state index contributed by atoms with van der Waals surface area (Å²) in [6.07, 6.45) is 3.23. The zero-order valence-electron chi connectivity index (χ0n) is 16.2. The van der Waals surface area contributed by atoms with Gasteiger partial charge in [-0.2, -0.15) is 0 Å². The van der Waals surface area contributed by atoms with Gasteiger partial charge >= 0.3 is 0 Å². The zero-order chi connectivity index (χ0) is 22.5. The molecule has 4 rings (SSSR count). The fourth-order valence-electron chi connectivity index (χ4n) is 2.78. The van der Waals surface area contributed by atoms with Crippen LogP contribution in [-0.2, 0) is 0 Å². The van der Waals surface area contributed by atoms with Crippen LogP contribution in [0.3, 0.4) is 0 Å². The molecule has 32 heavy (non-hydrogen) atoms. The first kappa shape index (κ1) is 21.5. The minimum absolute atomic E-state index is 0.0848. The second-order valence-electron chi connectivity index (χ2n) is 6.24. The molecule has 0 saturated heterocycles. The van der Waals surface area contributed by atoms with Crippen LogP contribution in [0.1, 0.15) is 9.75 Å². The van der Waals surface area contributed by atoms with E-state index in [4.69, 9.17) is 23.7 Å². The highest BCUT2D eigenvalue weighted by Crippen LogP contribution is 2.43. The van der Waals surface area contributed by atoms with Crippen molar-refractivity contribution in [1.82, 2.24) is 0 Å². The van der Waals surface area contributed by atoms with Gasteiger partial charge in [0.1, 0.15) is 0 Å². The highest BCUT2D eigenvalue weighted by molar-refractivity contribution is 7.28. The van der Waals surface area contributed by atoms with Gasteiger partial charge in [0.25, 0.3) is 11.4 Å². The van der Waals surface area contributed by atoms with E-state index in [-0.39, 0.29) is 11.4 Å². The van der Waals surface area contributed by atoms with Gasteiger partial charge < -0.3 is 0 Å². The molecule has 8 heteroatoms. The lowest BCUT2D eigenvalue weighted by Crippen LogP contribution is -1.65. The van der Waals surface area contributed by atoms with Gasteiger partial charge in [0.05, 0.1) is 25.3 Å². The summed E-state index contributed by atoms with van der Waals surface area (Å²) >= 11 is 6.54. The lowest BCUT2D eigenvalue weighted by Gasteiger charge is -1.92. The van der Waals surface area contributed by atoms with Gasteiger partial charge in [0.15, 0.2) is 0 Å². The van der Waals surface area contributed by atoms with Gasteiger partial charge in [-0.05, 0) is 60.7 Å². The van der Waals surface area contributed by atoms with Crippen molar-refractivity contribution >= 4 is 57.5 Å². The monoisotopic (exact) mass is 482 g/mol. The molecule has 0 amide bonds. The van der Waals surface area contributed by atoms with Crippen LogP contribution >= 0.6 is 45.3 Å². The van der Waals surface area contributed by atoms with Crippen molar-refractivity contribution in [2.75, 3.05) is 0 Å². The van der Waals surface area contributed by atoms with E-state index in [1.807, 2.05) is 36.4 Å². The number of nitrogens with zero attached hydrogens (tertiary/aromatic N) is 4. The van der Waals surface area contributed by atoms with Crippen molar-refractivity contribution in [3.63, 3.8) is 0 Å². The Labute approximate surface area is 201 Å². The first-order valence-electron chi connectivity index (χ1n) is 9.02. The highest BCUT2D eigenvalue weighted by atomic mass is 32.1. The Bertz CT molecular complexity index is 1380. The molecule has 4 nitrogen and oxygen atoms in total. The molecule has 0 aliphatic heterocycles. The first-order chi connectivity index (χ1) is 15.6.